The van der Waals surface area contributed by atoms with Gasteiger partial charge >= 0.3 is 0 Å². The number of para-hydroxylation sites is 2. The lowest BCUT2D eigenvalue weighted by molar-refractivity contribution is 0.100. The number of thioether (sulfide) groups is 1. The number of hydrogen-bond acceptors (Lipinski definition) is 5. The molecule has 0 atom stereocenters. The molecule has 0 saturated heterocycles. The lowest BCUT2D eigenvalue weighted by atomic mass is 10.1. The van der Waals surface area contributed by atoms with Gasteiger partial charge in [-0.05, 0) is 49.7 Å². The van der Waals surface area contributed by atoms with E-state index in [4.69, 9.17) is 16.3 Å². The van der Waals surface area contributed by atoms with Gasteiger partial charge in [0.15, 0.2) is 11.0 Å². The second kappa shape index (κ2) is 9.10. The van der Waals surface area contributed by atoms with Gasteiger partial charge < -0.3 is 9.64 Å². The minimum absolute atomic E-state index is 0.0156. The van der Waals surface area contributed by atoms with Crippen LogP contribution in [0.25, 0.3) is 0 Å². The second-order valence-corrected chi connectivity index (χ2v) is 7.28. The van der Waals surface area contributed by atoms with Gasteiger partial charge in [-0.25, -0.2) is 0 Å². The highest BCUT2D eigenvalue weighted by Crippen LogP contribution is 2.31. The molecule has 0 fully saturated rings. The molecule has 0 bridgehead atoms. The molecule has 0 radical (unpaired) electrons. The van der Waals surface area contributed by atoms with E-state index >= 15 is 0 Å². The number of rotatable bonds is 6. The molecule has 3 rings (SSSR count). The number of aliphatic imine (C=N–C) groups is 1. The molecule has 1 heterocycles. The highest BCUT2D eigenvalue weighted by atomic mass is 35.5. The zero-order valence-electron chi connectivity index (χ0n) is 14.7. The molecule has 1 aliphatic rings. The van der Waals surface area contributed by atoms with Crippen molar-refractivity contribution in [3.05, 3.63) is 59.1 Å². The quantitative estimate of drug-likeness (QED) is 0.658. The van der Waals surface area contributed by atoms with E-state index in [1.54, 1.807) is 36.0 Å². The van der Waals surface area contributed by atoms with Crippen molar-refractivity contribution in [2.45, 2.75) is 13.3 Å². The number of carbonyl (C=O) groups excluding carboxylic acids is 1. The predicted molar refractivity (Wildman–Crippen MR) is 110 cm³/mol. The Bertz CT molecular complexity index is 793. The highest BCUT2D eigenvalue weighted by molar-refractivity contribution is 8.14. The zero-order valence-corrected chi connectivity index (χ0v) is 16.2. The molecule has 0 aliphatic carbocycles. The number of ketones is 1. The number of carbonyl (C=O) groups is 1. The maximum Gasteiger partial charge on any atom is 0.182 e. The van der Waals surface area contributed by atoms with Crippen molar-refractivity contribution in [2.24, 2.45) is 4.99 Å². The van der Waals surface area contributed by atoms with Crippen LogP contribution in [0.3, 0.4) is 0 Å². The van der Waals surface area contributed by atoms with Gasteiger partial charge in [-0.3, -0.25) is 9.79 Å². The van der Waals surface area contributed by atoms with E-state index in [2.05, 4.69) is 4.99 Å². The zero-order chi connectivity index (χ0) is 18.4. The van der Waals surface area contributed by atoms with Gasteiger partial charge in [-0.15, -0.1) is 0 Å². The van der Waals surface area contributed by atoms with E-state index in [9.17, 15) is 4.79 Å². The van der Waals surface area contributed by atoms with Crippen LogP contribution in [0.2, 0.25) is 5.02 Å². The molecule has 2 aromatic carbocycles. The SMILES string of the molecule is CCOc1ccccc1N(CC(=O)c1ccc(Cl)cc1)C1=NCCCS1. The molecule has 0 spiro atoms. The molecule has 4 nitrogen and oxygen atoms in total. The van der Waals surface area contributed by atoms with Gasteiger partial charge in [0.2, 0.25) is 0 Å². The molecule has 0 aromatic heterocycles. The summed E-state index contributed by atoms with van der Waals surface area (Å²) in [7, 11) is 0. The third-order valence-electron chi connectivity index (χ3n) is 3.94. The lowest BCUT2D eigenvalue weighted by Crippen LogP contribution is -2.36. The van der Waals surface area contributed by atoms with Crippen molar-refractivity contribution in [1.82, 2.24) is 0 Å². The van der Waals surface area contributed by atoms with Crippen LogP contribution in [0.15, 0.2) is 53.5 Å². The molecule has 1 aliphatic heterocycles. The fraction of sp³-hybridized carbons (Fsp3) is 0.300. The Kier molecular flexibility index (Phi) is 6.58. The van der Waals surface area contributed by atoms with E-state index in [0.717, 1.165) is 35.3 Å². The van der Waals surface area contributed by atoms with Crippen molar-refractivity contribution in [2.75, 3.05) is 30.3 Å². The Morgan fingerprint density at radius 1 is 1.23 bits per heavy atom. The third kappa shape index (κ3) is 4.59. The fourth-order valence-electron chi connectivity index (χ4n) is 2.70. The second-order valence-electron chi connectivity index (χ2n) is 5.78. The molecule has 0 N–H and O–H groups in total. The number of amidine groups is 1. The summed E-state index contributed by atoms with van der Waals surface area (Å²) in [5, 5.41) is 1.48. The summed E-state index contributed by atoms with van der Waals surface area (Å²) >= 11 is 7.61. The largest absolute Gasteiger partial charge is 0.492 e. The fourth-order valence-corrected chi connectivity index (χ4v) is 3.78. The molecule has 0 amide bonds. The third-order valence-corrected chi connectivity index (χ3v) is 5.29. The van der Waals surface area contributed by atoms with Crippen LogP contribution in [0.4, 0.5) is 5.69 Å². The van der Waals surface area contributed by atoms with Crippen LogP contribution in [0.1, 0.15) is 23.7 Å². The lowest BCUT2D eigenvalue weighted by Gasteiger charge is -2.28. The smallest absolute Gasteiger partial charge is 0.182 e. The van der Waals surface area contributed by atoms with Crippen LogP contribution in [-0.4, -0.2) is 36.4 Å². The van der Waals surface area contributed by atoms with Crippen LogP contribution in [0.5, 0.6) is 5.75 Å². The summed E-state index contributed by atoms with van der Waals surface area (Å²) in [4.78, 5) is 19.5. The van der Waals surface area contributed by atoms with Gasteiger partial charge in [0, 0.05) is 22.9 Å². The van der Waals surface area contributed by atoms with E-state index in [1.807, 2.05) is 36.1 Å². The van der Waals surface area contributed by atoms with Crippen molar-refractivity contribution < 1.29 is 9.53 Å². The minimum Gasteiger partial charge on any atom is -0.492 e. The van der Waals surface area contributed by atoms with E-state index in [1.165, 1.54) is 0 Å². The number of halogens is 1. The van der Waals surface area contributed by atoms with Gasteiger partial charge in [-0.2, -0.15) is 0 Å². The Morgan fingerprint density at radius 3 is 2.69 bits per heavy atom. The first-order chi connectivity index (χ1) is 12.7. The van der Waals surface area contributed by atoms with Crippen LogP contribution in [0, 0.1) is 0 Å². The van der Waals surface area contributed by atoms with Crippen molar-refractivity contribution in [1.29, 1.82) is 0 Å². The van der Waals surface area contributed by atoms with Gasteiger partial charge in [0.05, 0.1) is 18.8 Å². The van der Waals surface area contributed by atoms with Crippen molar-refractivity contribution in [3.63, 3.8) is 0 Å². The Morgan fingerprint density at radius 2 is 2.00 bits per heavy atom. The van der Waals surface area contributed by atoms with Crippen LogP contribution >= 0.6 is 23.4 Å². The average Bonchev–Trinajstić information content (AvgIpc) is 2.68. The molecule has 0 saturated carbocycles. The first-order valence-electron chi connectivity index (χ1n) is 8.64. The minimum atomic E-state index is 0.0156. The maximum atomic E-state index is 12.9. The number of hydrogen-bond donors (Lipinski definition) is 0. The summed E-state index contributed by atoms with van der Waals surface area (Å²) < 4.78 is 5.78. The molecular weight excluding hydrogens is 368 g/mol. The van der Waals surface area contributed by atoms with Gasteiger partial charge in [-0.1, -0.05) is 35.5 Å². The Hall–Kier alpha value is -1.98. The Balaban J connectivity index is 1.92. The number of anilines is 1. The van der Waals surface area contributed by atoms with E-state index in [-0.39, 0.29) is 12.3 Å². The summed E-state index contributed by atoms with van der Waals surface area (Å²) in [6.45, 7) is 3.50. The predicted octanol–water partition coefficient (Wildman–Crippen LogP) is 4.92. The van der Waals surface area contributed by atoms with Gasteiger partial charge in [0.1, 0.15) is 5.75 Å². The maximum absolute atomic E-state index is 12.9. The molecule has 0 unspecified atom stereocenters. The van der Waals surface area contributed by atoms with Gasteiger partial charge in [0.25, 0.3) is 0 Å². The summed E-state index contributed by atoms with van der Waals surface area (Å²) in [5.74, 6) is 1.77. The first-order valence-corrected chi connectivity index (χ1v) is 10.0. The monoisotopic (exact) mass is 388 g/mol. The van der Waals surface area contributed by atoms with Crippen molar-refractivity contribution >= 4 is 40.0 Å². The van der Waals surface area contributed by atoms with E-state index < -0.39 is 0 Å². The highest BCUT2D eigenvalue weighted by Gasteiger charge is 2.23. The van der Waals surface area contributed by atoms with Crippen molar-refractivity contribution in [3.8, 4) is 5.75 Å². The molecule has 6 heteroatoms. The normalized spacial score (nSPS) is 13.8. The molecule has 26 heavy (non-hydrogen) atoms. The summed E-state index contributed by atoms with van der Waals surface area (Å²) in [6, 6.07) is 14.8. The number of benzene rings is 2. The molecule has 2 aromatic rings. The molecule has 136 valence electrons. The standard InChI is InChI=1S/C20H21ClN2O2S/c1-2-25-19-7-4-3-6-17(19)23(20-22-12-5-13-26-20)14-18(24)15-8-10-16(21)11-9-15/h3-4,6-11H,2,5,12-14H2,1H3. The van der Waals surface area contributed by atoms with Crippen LogP contribution < -0.4 is 9.64 Å². The van der Waals surface area contributed by atoms with Crippen LogP contribution in [-0.2, 0) is 0 Å². The molecular formula is C20H21ClN2O2S. The van der Waals surface area contributed by atoms with E-state index in [0.29, 0.717) is 17.2 Å². The number of Topliss-reactive ketones (excluding diaryl/α,β-unsaturated/α-hetero) is 1. The number of nitrogens with zero attached hydrogens (tertiary/aromatic N) is 2. The average molecular weight is 389 g/mol. The summed E-state index contributed by atoms with van der Waals surface area (Å²) in [5.41, 5.74) is 1.50. The summed E-state index contributed by atoms with van der Waals surface area (Å²) in [6.07, 6.45) is 1.06. The number of ether oxygens (including phenoxy) is 1. The topological polar surface area (TPSA) is 41.9 Å². The first kappa shape index (κ1) is 18.8. The Labute approximate surface area is 163 Å².